The van der Waals surface area contributed by atoms with Crippen LogP contribution < -0.4 is 10.1 Å². The van der Waals surface area contributed by atoms with Gasteiger partial charge in [-0.2, -0.15) is 0 Å². The number of aromatic nitrogens is 3. The minimum absolute atomic E-state index is 0.562. The summed E-state index contributed by atoms with van der Waals surface area (Å²) >= 11 is 13.8. The fraction of sp³-hybridized carbons (Fsp3) is 0.182. The van der Waals surface area contributed by atoms with E-state index >= 15 is 0 Å². The van der Waals surface area contributed by atoms with E-state index in [-0.39, 0.29) is 0 Å². The van der Waals surface area contributed by atoms with Crippen LogP contribution >= 0.6 is 34.5 Å². The molecule has 0 spiro atoms. The highest BCUT2D eigenvalue weighted by Crippen LogP contribution is 2.32. The van der Waals surface area contributed by atoms with Gasteiger partial charge in [-0.05, 0) is 43.7 Å². The Morgan fingerprint density at radius 1 is 1.10 bits per heavy atom. The highest BCUT2D eigenvalue weighted by Gasteiger charge is 2.12. The molecule has 8 heteroatoms. The third-order valence-electron chi connectivity index (χ3n) is 4.66. The first kappa shape index (κ1) is 20.7. The van der Waals surface area contributed by atoms with Crippen LogP contribution in [0.3, 0.4) is 0 Å². The van der Waals surface area contributed by atoms with Crippen LogP contribution in [-0.4, -0.2) is 21.6 Å². The molecule has 0 aliphatic rings. The lowest BCUT2D eigenvalue weighted by Gasteiger charge is -2.11. The zero-order valence-electron chi connectivity index (χ0n) is 16.7. The number of anilines is 2. The van der Waals surface area contributed by atoms with Gasteiger partial charge in [0.2, 0.25) is 0 Å². The van der Waals surface area contributed by atoms with Gasteiger partial charge in [0.15, 0.2) is 5.13 Å². The Morgan fingerprint density at radius 3 is 2.63 bits per heavy atom. The summed E-state index contributed by atoms with van der Waals surface area (Å²) in [6.45, 7) is 3.97. The van der Waals surface area contributed by atoms with Gasteiger partial charge in [-0.25, -0.2) is 9.97 Å². The van der Waals surface area contributed by atoms with E-state index in [1.807, 2.05) is 61.0 Å². The van der Waals surface area contributed by atoms with Crippen molar-refractivity contribution in [1.82, 2.24) is 14.5 Å². The fourth-order valence-corrected chi connectivity index (χ4v) is 4.46. The van der Waals surface area contributed by atoms with Gasteiger partial charge in [0, 0.05) is 29.2 Å². The first-order valence-electron chi connectivity index (χ1n) is 9.29. The number of hydrogen-bond donors (Lipinski definition) is 1. The molecule has 30 heavy (non-hydrogen) atoms. The predicted octanol–water partition coefficient (Wildman–Crippen LogP) is 6.60. The van der Waals surface area contributed by atoms with Gasteiger partial charge >= 0.3 is 0 Å². The summed E-state index contributed by atoms with van der Waals surface area (Å²) in [6, 6.07) is 11.7. The maximum absolute atomic E-state index is 6.15. The van der Waals surface area contributed by atoms with Crippen molar-refractivity contribution in [3.05, 3.63) is 80.8 Å². The monoisotopic (exact) mass is 458 g/mol. The van der Waals surface area contributed by atoms with Crippen molar-refractivity contribution in [3.8, 4) is 11.4 Å². The van der Waals surface area contributed by atoms with Crippen LogP contribution in [0.2, 0.25) is 10.0 Å². The van der Waals surface area contributed by atoms with Crippen LogP contribution in [0.1, 0.15) is 21.8 Å². The number of hydrogen-bond acceptors (Lipinski definition) is 5. The second-order valence-electron chi connectivity index (χ2n) is 6.89. The first-order valence-corrected chi connectivity index (χ1v) is 10.9. The van der Waals surface area contributed by atoms with Crippen LogP contribution in [-0.2, 0) is 6.42 Å². The van der Waals surface area contributed by atoms with Crippen LogP contribution in [0.4, 0.5) is 10.8 Å². The molecule has 0 saturated carbocycles. The van der Waals surface area contributed by atoms with Gasteiger partial charge < -0.3 is 14.6 Å². The Morgan fingerprint density at radius 2 is 1.93 bits per heavy atom. The normalized spacial score (nSPS) is 11.0. The maximum atomic E-state index is 6.15. The van der Waals surface area contributed by atoms with Gasteiger partial charge in [-0.15, -0.1) is 11.3 Å². The molecule has 0 aliphatic carbocycles. The predicted molar refractivity (Wildman–Crippen MR) is 124 cm³/mol. The molecule has 0 bridgehead atoms. The smallest absolute Gasteiger partial charge is 0.187 e. The lowest BCUT2D eigenvalue weighted by Crippen LogP contribution is -1.97. The van der Waals surface area contributed by atoms with Gasteiger partial charge in [0.1, 0.15) is 5.75 Å². The quantitative estimate of drug-likeness (QED) is 0.353. The van der Waals surface area contributed by atoms with Crippen LogP contribution in [0.15, 0.2) is 48.9 Å². The van der Waals surface area contributed by atoms with Crippen molar-refractivity contribution in [2.45, 2.75) is 20.3 Å². The van der Waals surface area contributed by atoms with Crippen LogP contribution in [0, 0.1) is 13.8 Å². The Balaban J connectivity index is 1.54. The number of imidazole rings is 1. The third kappa shape index (κ3) is 4.46. The van der Waals surface area contributed by atoms with E-state index in [1.54, 1.807) is 24.8 Å². The third-order valence-corrected chi connectivity index (χ3v) is 6.47. The molecule has 0 unspecified atom stereocenters. The van der Waals surface area contributed by atoms with Crippen LogP contribution in [0.25, 0.3) is 5.69 Å². The molecule has 0 fully saturated rings. The number of nitrogens with zero attached hydrogens (tertiary/aromatic N) is 3. The van der Waals surface area contributed by atoms with Crippen molar-refractivity contribution in [1.29, 1.82) is 0 Å². The van der Waals surface area contributed by atoms with Gasteiger partial charge in [0.05, 0.1) is 40.6 Å². The number of methoxy groups -OCH3 is 1. The zero-order chi connectivity index (χ0) is 21.3. The van der Waals surface area contributed by atoms with Gasteiger partial charge in [-0.1, -0.05) is 29.3 Å². The number of halogens is 2. The Bertz CT molecular complexity index is 1200. The molecule has 2 heterocycles. The summed E-state index contributed by atoms with van der Waals surface area (Å²) in [5.74, 6) is 0.752. The van der Waals surface area contributed by atoms with Gasteiger partial charge in [-0.3, -0.25) is 0 Å². The Labute approximate surface area is 189 Å². The minimum Gasteiger partial charge on any atom is -0.494 e. The van der Waals surface area contributed by atoms with E-state index in [4.69, 9.17) is 27.9 Å². The van der Waals surface area contributed by atoms with Gasteiger partial charge in [0.25, 0.3) is 0 Å². The molecule has 154 valence electrons. The molecule has 0 aliphatic heterocycles. The zero-order valence-corrected chi connectivity index (χ0v) is 19.1. The van der Waals surface area contributed by atoms with E-state index in [9.17, 15) is 0 Å². The Kier molecular flexibility index (Phi) is 5.99. The SMILES string of the molecule is COc1cc(Nc2nc(C)c(Cc3ccc(Cl)c(Cl)c3)s2)ccc1-n1cnc(C)c1. The summed E-state index contributed by atoms with van der Waals surface area (Å²) in [5, 5.41) is 5.34. The molecule has 1 N–H and O–H groups in total. The molecule has 0 amide bonds. The number of ether oxygens (including phenoxy) is 1. The summed E-state index contributed by atoms with van der Waals surface area (Å²) < 4.78 is 7.53. The second kappa shape index (κ2) is 8.68. The highest BCUT2D eigenvalue weighted by molar-refractivity contribution is 7.15. The molecule has 4 aromatic rings. The van der Waals surface area contributed by atoms with Crippen molar-refractivity contribution in [2.75, 3.05) is 12.4 Å². The van der Waals surface area contributed by atoms with Crippen molar-refractivity contribution in [2.24, 2.45) is 0 Å². The molecule has 0 atom stereocenters. The van der Waals surface area contributed by atoms with Crippen molar-refractivity contribution in [3.63, 3.8) is 0 Å². The first-order chi connectivity index (χ1) is 14.4. The molecule has 4 rings (SSSR count). The molecule has 5 nitrogen and oxygen atoms in total. The van der Waals surface area contributed by atoms with E-state index in [2.05, 4.69) is 15.3 Å². The molecular weight excluding hydrogens is 439 g/mol. The maximum Gasteiger partial charge on any atom is 0.187 e. The van der Waals surface area contributed by atoms with Crippen molar-refractivity contribution < 1.29 is 4.74 Å². The molecule has 2 aromatic heterocycles. The molecule has 0 saturated heterocycles. The average Bonchev–Trinajstić information content (AvgIpc) is 3.30. The van der Waals surface area contributed by atoms with E-state index in [1.165, 1.54) is 4.88 Å². The number of nitrogens with one attached hydrogen (secondary N) is 1. The molecule has 2 aromatic carbocycles. The second-order valence-corrected chi connectivity index (χ2v) is 8.78. The summed E-state index contributed by atoms with van der Waals surface area (Å²) in [7, 11) is 1.66. The fourth-order valence-electron chi connectivity index (χ4n) is 3.13. The van der Waals surface area contributed by atoms with E-state index in [0.29, 0.717) is 10.0 Å². The van der Waals surface area contributed by atoms with Crippen molar-refractivity contribution >= 4 is 45.4 Å². The summed E-state index contributed by atoms with van der Waals surface area (Å²) in [5.41, 5.74) is 4.88. The molecule has 0 radical (unpaired) electrons. The lowest BCUT2D eigenvalue weighted by molar-refractivity contribution is 0.413. The largest absolute Gasteiger partial charge is 0.494 e. The average molecular weight is 459 g/mol. The highest BCUT2D eigenvalue weighted by atomic mass is 35.5. The summed E-state index contributed by atoms with van der Waals surface area (Å²) in [6.07, 6.45) is 4.49. The number of benzene rings is 2. The number of thiazole rings is 1. The topological polar surface area (TPSA) is 52.0 Å². The van der Waals surface area contributed by atoms with E-state index < -0.39 is 0 Å². The lowest BCUT2D eigenvalue weighted by atomic mass is 10.1. The molecular formula is C22H20Cl2N4OS. The number of aryl methyl sites for hydroxylation is 2. The van der Waals surface area contributed by atoms with E-state index in [0.717, 1.165) is 45.6 Å². The summed E-state index contributed by atoms with van der Waals surface area (Å²) in [4.78, 5) is 10.1. The standard InChI is InChI=1S/C22H20Cl2N4OS/c1-13-11-28(12-25-13)19-7-5-16(10-20(19)29-3)27-22-26-14(2)21(30-22)9-15-4-6-17(23)18(24)8-15/h4-8,10-12H,9H2,1-3H3,(H,26,27). The van der Waals surface area contributed by atoms with Crippen LogP contribution in [0.5, 0.6) is 5.75 Å². The Hall–Kier alpha value is -2.54. The minimum atomic E-state index is 0.562. The number of rotatable bonds is 6.